The number of benzene rings is 1. The zero-order chi connectivity index (χ0) is 20.3. The van der Waals surface area contributed by atoms with Gasteiger partial charge in [0.15, 0.2) is 0 Å². The fourth-order valence-corrected chi connectivity index (χ4v) is 8.24. The summed E-state index contributed by atoms with van der Waals surface area (Å²) in [5, 5.41) is 4.93. The largest absolute Gasteiger partial charge is 0.143 e. The summed E-state index contributed by atoms with van der Waals surface area (Å²) in [5.74, 6) is 0. The normalized spacial score (nSPS) is 11.5. The van der Waals surface area contributed by atoms with Gasteiger partial charge in [-0.05, 0) is 48.6 Å². The van der Waals surface area contributed by atoms with Gasteiger partial charge in [0, 0.05) is 35.2 Å². The van der Waals surface area contributed by atoms with Gasteiger partial charge in [-0.2, -0.15) is 0 Å². The van der Waals surface area contributed by atoms with Crippen LogP contribution in [0.15, 0.2) is 66.0 Å². The van der Waals surface area contributed by atoms with Crippen molar-refractivity contribution in [3.63, 3.8) is 0 Å². The van der Waals surface area contributed by atoms with E-state index in [0.29, 0.717) is 0 Å². The maximum atomic E-state index is 2.35. The van der Waals surface area contributed by atoms with Crippen molar-refractivity contribution in [2.45, 2.75) is 39.0 Å². The third-order valence-corrected chi connectivity index (χ3v) is 10.3. The average Bonchev–Trinajstić information content (AvgIpc) is 3.56. The number of hydrogen-bond donors (Lipinski definition) is 0. The molecule has 4 aromatic heterocycles. The first kappa shape index (κ1) is 20.2. The molecule has 5 aromatic rings. The lowest BCUT2D eigenvalue weighted by Crippen LogP contribution is -1.80. The van der Waals surface area contributed by atoms with Gasteiger partial charge in [0.05, 0.1) is 9.75 Å². The van der Waals surface area contributed by atoms with Crippen molar-refractivity contribution < 1.29 is 0 Å². The molecule has 0 unspecified atom stereocenters. The summed E-state index contributed by atoms with van der Waals surface area (Å²) in [6.07, 6.45) is 6.53. The maximum absolute atomic E-state index is 2.35. The van der Waals surface area contributed by atoms with Crippen molar-refractivity contribution in [1.29, 1.82) is 0 Å². The van der Waals surface area contributed by atoms with Crippen molar-refractivity contribution >= 4 is 56.1 Å². The van der Waals surface area contributed by atoms with Gasteiger partial charge in [0.25, 0.3) is 0 Å². The molecular weight excluding hydrogens is 441 g/mol. The Morgan fingerprint density at radius 2 is 1.33 bits per heavy atom. The molecule has 0 N–H and O–H groups in total. The van der Waals surface area contributed by atoms with Crippen LogP contribution in [0.3, 0.4) is 0 Å². The van der Waals surface area contributed by atoms with E-state index in [1.54, 1.807) is 0 Å². The van der Waals surface area contributed by atoms with Crippen molar-refractivity contribution in [2.24, 2.45) is 0 Å². The molecule has 1 aromatic carbocycles. The van der Waals surface area contributed by atoms with Crippen LogP contribution < -0.4 is 0 Å². The van der Waals surface area contributed by atoms with E-state index in [2.05, 4.69) is 73.0 Å². The van der Waals surface area contributed by atoms with Crippen LogP contribution in [-0.4, -0.2) is 0 Å². The quantitative estimate of drug-likeness (QED) is 0.200. The molecule has 0 nitrogen and oxygen atoms in total. The lowest BCUT2D eigenvalue weighted by atomic mass is 10.1. The van der Waals surface area contributed by atoms with Gasteiger partial charge in [-0.3, -0.25) is 0 Å². The molecule has 0 bridgehead atoms. The monoisotopic (exact) mass is 464 g/mol. The van der Waals surface area contributed by atoms with Crippen LogP contribution >= 0.6 is 45.3 Å². The fraction of sp³-hybridized carbons (Fsp3) is 0.231. The summed E-state index contributed by atoms with van der Waals surface area (Å²) >= 11 is 7.68. The second-order valence-corrected chi connectivity index (χ2v) is 11.7. The minimum absolute atomic E-state index is 1.22. The van der Waals surface area contributed by atoms with Crippen LogP contribution in [0.2, 0.25) is 0 Å². The van der Waals surface area contributed by atoms with E-state index in [1.165, 1.54) is 77.0 Å². The van der Waals surface area contributed by atoms with Gasteiger partial charge in [-0.1, -0.05) is 56.5 Å². The van der Waals surface area contributed by atoms with Crippen LogP contribution in [0, 0.1) is 0 Å². The van der Waals surface area contributed by atoms with Gasteiger partial charge in [-0.15, -0.1) is 45.3 Å². The SMILES string of the molecule is CCCCCCc1ccc(-c2sc(-c3ccc(-c4cccs4)s3)c3ccccc23)s1. The molecule has 0 amide bonds. The van der Waals surface area contributed by atoms with Gasteiger partial charge in [0.2, 0.25) is 0 Å². The summed E-state index contributed by atoms with van der Waals surface area (Å²) in [5.41, 5.74) is 0. The average molecular weight is 465 g/mol. The highest BCUT2D eigenvalue weighted by Crippen LogP contribution is 2.48. The highest BCUT2D eigenvalue weighted by molar-refractivity contribution is 7.29. The van der Waals surface area contributed by atoms with Crippen LogP contribution in [0.25, 0.3) is 40.0 Å². The summed E-state index contributed by atoms with van der Waals surface area (Å²) in [6, 6.07) is 22.5. The molecule has 0 atom stereocenters. The predicted octanol–water partition coefficient (Wildman–Crippen LogP) is 10.2. The molecule has 0 radical (unpaired) electrons. The van der Waals surface area contributed by atoms with E-state index < -0.39 is 0 Å². The maximum Gasteiger partial charge on any atom is 0.0528 e. The molecule has 0 aliphatic carbocycles. The molecule has 0 saturated carbocycles. The van der Waals surface area contributed by atoms with Crippen LogP contribution in [-0.2, 0) is 6.42 Å². The summed E-state index contributed by atoms with van der Waals surface area (Å²) < 4.78 is 0. The molecule has 0 aliphatic heterocycles. The Hall–Kier alpha value is -1.72. The Balaban J connectivity index is 1.49. The zero-order valence-corrected chi connectivity index (χ0v) is 20.3. The molecule has 5 rings (SSSR count). The summed E-state index contributed by atoms with van der Waals surface area (Å²) in [4.78, 5) is 9.88. The van der Waals surface area contributed by atoms with E-state index in [4.69, 9.17) is 0 Å². The predicted molar refractivity (Wildman–Crippen MR) is 140 cm³/mol. The Kier molecular flexibility index (Phi) is 6.19. The van der Waals surface area contributed by atoms with E-state index in [-0.39, 0.29) is 0 Å². The number of aryl methyl sites for hydroxylation is 1. The van der Waals surface area contributed by atoms with E-state index >= 15 is 0 Å². The van der Waals surface area contributed by atoms with Crippen LogP contribution in [0.1, 0.15) is 37.5 Å². The van der Waals surface area contributed by atoms with E-state index in [9.17, 15) is 0 Å². The first-order valence-electron chi connectivity index (χ1n) is 10.6. The van der Waals surface area contributed by atoms with E-state index in [1.807, 2.05) is 45.3 Å². The summed E-state index contributed by atoms with van der Waals surface area (Å²) in [7, 11) is 0. The van der Waals surface area contributed by atoms with Crippen molar-refractivity contribution in [3.8, 4) is 29.3 Å². The van der Waals surface area contributed by atoms with Gasteiger partial charge >= 0.3 is 0 Å². The van der Waals surface area contributed by atoms with Gasteiger partial charge in [0.1, 0.15) is 0 Å². The molecule has 30 heavy (non-hydrogen) atoms. The third kappa shape index (κ3) is 4.06. The molecule has 0 saturated heterocycles. The highest BCUT2D eigenvalue weighted by Gasteiger charge is 2.17. The minimum Gasteiger partial charge on any atom is -0.143 e. The molecular formula is C26H24S4. The third-order valence-electron chi connectivity index (χ3n) is 5.38. The lowest BCUT2D eigenvalue weighted by Gasteiger charge is -1.97. The Bertz CT molecular complexity index is 1230. The second-order valence-electron chi connectivity index (χ2n) is 7.52. The lowest BCUT2D eigenvalue weighted by molar-refractivity contribution is 0.670. The first-order valence-corrected chi connectivity index (χ1v) is 13.9. The van der Waals surface area contributed by atoms with Crippen molar-refractivity contribution in [3.05, 3.63) is 70.9 Å². The van der Waals surface area contributed by atoms with Gasteiger partial charge < -0.3 is 0 Å². The molecule has 0 spiro atoms. The highest BCUT2D eigenvalue weighted by atomic mass is 32.1. The first-order chi connectivity index (χ1) is 14.8. The number of fused-ring (bicyclic) bond motifs is 1. The molecule has 0 fully saturated rings. The van der Waals surface area contributed by atoms with Crippen LogP contribution in [0.4, 0.5) is 0 Å². The number of rotatable bonds is 8. The van der Waals surface area contributed by atoms with E-state index in [0.717, 1.165) is 0 Å². The second kappa shape index (κ2) is 9.19. The van der Waals surface area contributed by atoms with Crippen LogP contribution in [0.5, 0.6) is 0 Å². The molecule has 4 heteroatoms. The Labute approximate surface area is 194 Å². The zero-order valence-electron chi connectivity index (χ0n) is 17.0. The topological polar surface area (TPSA) is 0 Å². The minimum atomic E-state index is 1.22. The number of hydrogen-bond acceptors (Lipinski definition) is 4. The number of thiophene rings is 4. The smallest absolute Gasteiger partial charge is 0.0528 e. The Morgan fingerprint density at radius 1 is 0.600 bits per heavy atom. The van der Waals surface area contributed by atoms with Crippen molar-refractivity contribution in [1.82, 2.24) is 0 Å². The molecule has 152 valence electrons. The van der Waals surface area contributed by atoms with Gasteiger partial charge in [-0.25, -0.2) is 0 Å². The van der Waals surface area contributed by atoms with Crippen molar-refractivity contribution in [2.75, 3.05) is 0 Å². The summed E-state index contributed by atoms with van der Waals surface area (Å²) in [6.45, 7) is 2.28. The number of unbranched alkanes of at least 4 members (excludes halogenated alkanes) is 3. The molecule has 4 heterocycles. The Morgan fingerprint density at radius 3 is 2.07 bits per heavy atom. The fourth-order valence-electron chi connectivity index (χ4n) is 3.83. The standard InChI is InChI=1S/C26H24S4/c1-2-3-4-5-9-18-13-14-23(28-18)25-19-10-6-7-11-20(19)26(30-25)24-16-15-22(29-24)21-12-8-17-27-21/h6-8,10-17H,2-5,9H2,1H3. The molecule has 0 aliphatic rings.